The summed E-state index contributed by atoms with van der Waals surface area (Å²) in [6.45, 7) is 2.69. The Bertz CT molecular complexity index is 850. The Labute approximate surface area is 150 Å². The van der Waals surface area contributed by atoms with E-state index in [1.165, 1.54) is 12.1 Å². The molecule has 5 nitrogen and oxygen atoms in total. The molecule has 24 heavy (non-hydrogen) atoms. The Morgan fingerprint density at radius 2 is 1.67 bits per heavy atom. The van der Waals surface area contributed by atoms with Crippen molar-refractivity contribution < 1.29 is 17.9 Å². The van der Waals surface area contributed by atoms with E-state index >= 15 is 0 Å². The molecule has 128 valence electrons. The van der Waals surface area contributed by atoms with Gasteiger partial charge in [-0.3, -0.25) is 0 Å². The lowest BCUT2D eigenvalue weighted by molar-refractivity contribution is 0.171. The fourth-order valence-electron chi connectivity index (χ4n) is 2.43. The highest BCUT2D eigenvalue weighted by atomic mass is 35.5. The predicted molar refractivity (Wildman–Crippen MR) is 92.6 cm³/mol. The fourth-order valence-corrected chi connectivity index (χ4v) is 4.80. The second-order valence-electron chi connectivity index (χ2n) is 5.30. The molecule has 0 amide bonds. The zero-order chi connectivity index (χ0) is 17.3. The Kier molecular flexibility index (Phi) is 4.92. The van der Waals surface area contributed by atoms with E-state index in [1.807, 2.05) is 0 Å². The summed E-state index contributed by atoms with van der Waals surface area (Å²) in [7, 11) is -3.88. The Hall–Kier alpha value is -1.47. The molecule has 0 aliphatic carbocycles. The third-order valence-corrected chi connectivity index (χ3v) is 6.08. The molecule has 1 heterocycles. The van der Waals surface area contributed by atoms with Crippen LogP contribution in [0.1, 0.15) is 18.5 Å². The van der Waals surface area contributed by atoms with E-state index in [9.17, 15) is 8.42 Å². The van der Waals surface area contributed by atoms with Crippen molar-refractivity contribution in [3.63, 3.8) is 0 Å². The van der Waals surface area contributed by atoms with E-state index in [2.05, 4.69) is 4.72 Å². The van der Waals surface area contributed by atoms with Crippen molar-refractivity contribution in [2.75, 3.05) is 13.2 Å². The number of sulfonamides is 1. The van der Waals surface area contributed by atoms with Crippen LogP contribution in [0.3, 0.4) is 0 Å². The van der Waals surface area contributed by atoms with Gasteiger partial charge in [0.2, 0.25) is 10.0 Å². The SMILES string of the molecule is C[C@@H](NS(=O)(=O)c1c(Cl)cccc1Cl)c1ccc2c(c1)OCCO2. The average molecular weight is 388 g/mol. The van der Waals surface area contributed by atoms with Gasteiger partial charge in [0.25, 0.3) is 0 Å². The zero-order valence-electron chi connectivity index (χ0n) is 12.8. The van der Waals surface area contributed by atoms with Crippen molar-refractivity contribution in [1.82, 2.24) is 4.72 Å². The molecule has 3 rings (SSSR count). The topological polar surface area (TPSA) is 64.6 Å². The number of rotatable bonds is 4. The predicted octanol–water partition coefficient (Wildman–Crippen LogP) is 3.80. The summed E-state index contributed by atoms with van der Waals surface area (Å²) >= 11 is 12.0. The lowest BCUT2D eigenvalue weighted by Gasteiger charge is -2.21. The summed E-state index contributed by atoms with van der Waals surface area (Å²) in [6.07, 6.45) is 0. The summed E-state index contributed by atoms with van der Waals surface area (Å²) in [5.74, 6) is 1.25. The van der Waals surface area contributed by atoms with E-state index in [-0.39, 0.29) is 14.9 Å². The largest absolute Gasteiger partial charge is 0.486 e. The summed E-state index contributed by atoms with van der Waals surface area (Å²) in [5, 5.41) is 0.147. The smallest absolute Gasteiger partial charge is 0.244 e. The van der Waals surface area contributed by atoms with Crippen LogP contribution in [0, 0.1) is 0 Å². The highest BCUT2D eigenvalue weighted by molar-refractivity contribution is 7.89. The molecule has 0 saturated carbocycles. The van der Waals surface area contributed by atoms with Crippen LogP contribution in [0.4, 0.5) is 0 Å². The van der Waals surface area contributed by atoms with Gasteiger partial charge in [-0.1, -0.05) is 35.3 Å². The van der Waals surface area contributed by atoms with Crippen LogP contribution in [0.5, 0.6) is 11.5 Å². The van der Waals surface area contributed by atoms with Crippen molar-refractivity contribution in [1.29, 1.82) is 0 Å². The number of ether oxygens (including phenoxy) is 2. The van der Waals surface area contributed by atoms with Gasteiger partial charge in [0.15, 0.2) is 11.5 Å². The van der Waals surface area contributed by atoms with Gasteiger partial charge < -0.3 is 9.47 Å². The van der Waals surface area contributed by atoms with Gasteiger partial charge in [0, 0.05) is 6.04 Å². The van der Waals surface area contributed by atoms with E-state index in [0.717, 1.165) is 5.56 Å². The van der Waals surface area contributed by atoms with Crippen molar-refractivity contribution in [3.8, 4) is 11.5 Å². The van der Waals surface area contributed by atoms with Gasteiger partial charge >= 0.3 is 0 Å². The fraction of sp³-hybridized carbons (Fsp3) is 0.250. The lowest BCUT2D eigenvalue weighted by Crippen LogP contribution is -2.27. The standard InChI is InChI=1S/C16H15Cl2NO4S/c1-10(11-5-6-14-15(9-11)23-8-7-22-14)19-24(20,21)16-12(17)3-2-4-13(16)18/h2-6,9-10,19H,7-8H2,1H3/t10-/m1/s1. The summed E-state index contributed by atoms with van der Waals surface area (Å²) < 4.78 is 38.8. The van der Waals surface area contributed by atoms with Crippen LogP contribution in [0.15, 0.2) is 41.3 Å². The first-order valence-corrected chi connectivity index (χ1v) is 9.48. The molecule has 0 fully saturated rings. The van der Waals surface area contributed by atoms with Crippen molar-refractivity contribution in [2.24, 2.45) is 0 Å². The minimum atomic E-state index is -3.88. The first-order valence-electron chi connectivity index (χ1n) is 7.24. The number of hydrogen-bond acceptors (Lipinski definition) is 4. The monoisotopic (exact) mass is 387 g/mol. The van der Waals surface area contributed by atoms with Gasteiger partial charge in [-0.05, 0) is 36.8 Å². The number of halogens is 2. The van der Waals surface area contributed by atoms with Gasteiger partial charge in [0.05, 0.1) is 10.0 Å². The first kappa shape index (κ1) is 17.4. The molecule has 0 spiro atoms. The van der Waals surface area contributed by atoms with E-state index in [0.29, 0.717) is 24.7 Å². The Morgan fingerprint density at radius 3 is 2.33 bits per heavy atom. The van der Waals surface area contributed by atoms with Crippen LogP contribution >= 0.6 is 23.2 Å². The molecule has 2 aromatic rings. The third kappa shape index (κ3) is 3.47. The van der Waals surface area contributed by atoms with E-state index in [4.69, 9.17) is 32.7 Å². The average Bonchev–Trinajstić information content (AvgIpc) is 2.53. The maximum absolute atomic E-state index is 12.6. The van der Waals surface area contributed by atoms with Gasteiger partial charge in [-0.25, -0.2) is 13.1 Å². The number of benzene rings is 2. The highest BCUT2D eigenvalue weighted by Crippen LogP contribution is 2.34. The van der Waals surface area contributed by atoms with Crippen LogP contribution in [-0.4, -0.2) is 21.6 Å². The molecule has 0 unspecified atom stereocenters. The summed E-state index contributed by atoms with van der Waals surface area (Å²) in [6, 6.07) is 9.36. The highest BCUT2D eigenvalue weighted by Gasteiger charge is 2.24. The second kappa shape index (κ2) is 6.80. The molecule has 0 radical (unpaired) electrons. The van der Waals surface area contributed by atoms with Crippen LogP contribution in [-0.2, 0) is 10.0 Å². The summed E-state index contributed by atoms with van der Waals surface area (Å²) in [5.41, 5.74) is 0.742. The molecular formula is C16H15Cl2NO4S. The molecule has 0 aromatic heterocycles. The zero-order valence-corrected chi connectivity index (χ0v) is 15.1. The van der Waals surface area contributed by atoms with E-state index < -0.39 is 16.1 Å². The third-order valence-electron chi connectivity index (χ3n) is 3.59. The minimum Gasteiger partial charge on any atom is -0.486 e. The molecule has 1 atom stereocenters. The van der Waals surface area contributed by atoms with Crippen LogP contribution < -0.4 is 14.2 Å². The van der Waals surface area contributed by atoms with Crippen LogP contribution in [0.25, 0.3) is 0 Å². The first-order chi connectivity index (χ1) is 11.4. The van der Waals surface area contributed by atoms with Gasteiger partial charge in [-0.15, -0.1) is 0 Å². The van der Waals surface area contributed by atoms with Gasteiger partial charge in [0.1, 0.15) is 18.1 Å². The molecule has 1 aliphatic rings. The van der Waals surface area contributed by atoms with Crippen molar-refractivity contribution in [3.05, 3.63) is 52.0 Å². The minimum absolute atomic E-state index is 0.0735. The summed E-state index contributed by atoms with van der Waals surface area (Å²) in [4.78, 5) is -0.127. The molecule has 2 aromatic carbocycles. The van der Waals surface area contributed by atoms with E-state index in [1.54, 1.807) is 31.2 Å². The molecular weight excluding hydrogens is 373 g/mol. The van der Waals surface area contributed by atoms with Crippen molar-refractivity contribution in [2.45, 2.75) is 17.9 Å². The Morgan fingerprint density at radius 1 is 1.04 bits per heavy atom. The number of fused-ring (bicyclic) bond motifs is 1. The van der Waals surface area contributed by atoms with Crippen LogP contribution in [0.2, 0.25) is 10.0 Å². The quantitative estimate of drug-likeness (QED) is 0.865. The second-order valence-corrected chi connectivity index (χ2v) is 7.76. The molecule has 0 saturated heterocycles. The molecule has 0 bridgehead atoms. The van der Waals surface area contributed by atoms with Crippen molar-refractivity contribution >= 4 is 33.2 Å². The van der Waals surface area contributed by atoms with Gasteiger partial charge in [-0.2, -0.15) is 0 Å². The number of nitrogens with one attached hydrogen (secondary N) is 1. The molecule has 8 heteroatoms. The lowest BCUT2D eigenvalue weighted by atomic mass is 10.1. The molecule has 1 N–H and O–H groups in total. The maximum Gasteiger partial charge on any atom is 0.244 e. The number of hydrogen-bond donors (Lipinski definition) is 1. The Balaban J connectivity index is 1.87. The maximum atomic E-state index is 12.6. The molecule has 1 aliphatic heterocycles. The normalized spacial score (nSPS) is 15.1.